The lowest BCUT2D eigenvalue weighted by molar-refractivity contribution is 0.108. The SMILES string of the molecule is Cc1c(C(=O)Cl)cc(C(F)F)nc1Cl. The Labute approximate surface area is 88.8 Å². The monoisotopic (exact) mass is 239 g/mol. The number of rotatable bonds is 2. The molecule has 76 valence electrons. The van der Waals surface area contributed by atoms with Crippen molar-refractivity contribution in [1.82, 2.24) is 4.98 Å². The standard InChI is InChI=1S/C8H5Cl2F2NO/c1-3-4(7(10)14)2-5(8(11)12)13-6(3)9/h2,8H,1H3. The van der Waals surface area contributed by atoms with E-state index in [1.54, 1.807) is 0 Å². The van der Waals surface area contributed by atoms with Gasteiger partial charge in [-0.15, -0.1) is 0 Å². The van der Waals surface area contributed by atoms with Gasteiger partial charge < -0.3 is 0 Å². The topological polar surface area (TPSA) is 30.0 Å². The maximum absolute atomic E-state index is 12.2. The highest BCUT2D eigenvalue weighted by Crippen LogP contribution is 2.25. The second-order valence-corrected chi connectivity index (χ2v) is 3.29. The molecule has 0 aliphatic rings. The third-order valence-electron chi connectivity index (χ3n) is 1.67. The molecule has 0 atom stereocenters. The van der Waals surface area contributed by atoms with Gasteiger partial charge in [-0.1, -0.05) is 11.6 Å². The first-order valence-corrected chi connectivity index (χ1v) is 4.34. The van der Waals surface area contributed by atoms with Gasteiger partial charge in [0.05, 0.1) is 0 Å². The average Bonchev–Trinajstić information content (AvgIpc) is 2.08. The summed E-state index contributed by atoms with van der Waals surface area (Å²) in [6.45, 7) is 1.49. The lowest BCUT2D eigenvalue weighted by Crippen LogP contribution is -2.00. The number of pyridine rings is 1. The Morgan fingerprint density at radius 2 is 2.14 bits per heavy atom. The Morgan fingerprint density at radius 1 is 1.57 bits per heavy atom. The fraction of sp³-hybridized carbons (Fsp3) is 0.250. The van der Waals surface area contributed by atoms with Crippen LogP contribution in [0.25, 0.3) is 0 Å². The van der Waals surface area contributed by atoms with E-state index < -0.39 is 17.4 Å². The van der Waals surface area contributed by atoms with Crippen molar-refractivity contribution in [3.63, 3.8) is 0 Å². The van der Waals surface area contributed by atoms with Crippen LogP contribution in [0.4, 0.5) is 8.78 Å². The molecule has 0 fully saturated rings. The van der Waals surface area contributed by atoms with Crippen LogP contribution in [0.1, 0.15) is 28.0 Å². The quantitative estimate of drug-likeness (QED) is 0.586. The smallest absolute Gasteiger partial charge is 0.276 e. The normalized spacial score (nSPS) is 10.7. The molecule has 0 aliphatic heterocycles. The first kappa shape index (κ1) is 11.3. The number of carbonyl (C=O) groups excluding carboxylic acids is 1. The van der Waals surface area contributed by atoms with Crippen LogP contribution < -0.4 is 0 Å². The molecule has 1 heterocycles. The summed E-state index contributed by atoms with van der Waals surface area (Å²) in [7, 11) is 0. The van der Waals surface area contributed by atoms with E-state index in [1.807, 2.05) is 0 Å². The molecule has 2 nitrogen and oxygen atoms in total. The molecule has 1 aromatic heterocycles. The molecule has 0 amide bonds. The lowest BCUT2D eigenvalue weighted by atomic mass is 10.1. The van der Waals surface area contributed by atoms with Crippen LogP contribution >= 0.6 is 23.2 Å². The zero-order chi connectivity index (χ0) is 10.9. The number of halogens is 4. The summed E-state index contributed by atoms with van der Waals surface area (Å²) in [5, 5.41) is -0.958. The summed E-state index contributed by atoms with van der Waals surface area (Å²) in [5.41, 5.74) is -0.289. The fourth-order valence-electron chi connectivity index (χ4n) is 0.913. The highest BCUT2D eigenvalue weighted by molar-refractivity contribution is 6.68. The van der Waals surface area contributed by atoms with Gasteiger partial charge in [0, 0.05) is 5.56 Å². The Morgan fingerprint density at radius 3 is 2.57 bits per heavy atom. The second-order valence-electron chi connectivity index (χ2n) is 2.58. The molecule has 0 saturated carbocycles. The predicted octanol–water partition coefficient (Wildman–Crippen LogP) is 3.36. The van der Waals surface area contributed by atoms with Crippen LogP contribution in [0.5, 0.6) is 0 Å². The van der Waals surface area contributed by atoms with Gasteiger partial charge in [-0.2, -0.15) is 0 Å². The molecule has 0 saturated heterocycles. The third kappa shape index (κ3) is 2.19. The molecule has 0 radical (unpaired) electrons. The predicted molar refractivity (Wildman–Crippen MR) is 49.1 cm³/mol. The first-order valence-electron chi connectivity index (χ1n) is 3.58. The van der Waals surface area contributed by atoms with Crippen LogP contribution in [0.3, 0.4) is 0 Å². The van der Waals surface area contributed by atoms with Crippen LogP contribution in [0.15, 0.2) is 6.07 Å². The molecule has 14 heavy (non-hydrogen) atoms. The van der Waals surface area contributed by atoms with Gasteiger partial charge in [-0.3, -0.25) is 4.79 Å². The van der Waals surface area contributed by atoms with Crippen LogP contribution in [-0.2, 0) is 0 Å². The molecular formula is C8H5Cl2F2NO. The van der Waals surface area contributed by atoms with Gasteiger partial charge in [0.2, 0.25) is 0 Å². The third-order valence-corrected chi connectivity index (χ3v) is 2.24. The first-order chi connectivity index (χ1) is 6.43. The van der Waals surface area contributed by atoms with Crippen molar-refractivity contribution in [2.45, 2.75) is 13.3 Å². The number of carbonyl (C=O) groups is 1. The highest BCUT2D eigenvalue weighted by atomic mass is 35.5. The summed E-state index contributed by atoms with van der Waals surface area (Å²) >= 11 is 10.7. The molecule has 0 spiro atoms. The minimum atomic E-state index is -2.78. The summed E-state index contributed by atoms with van der Waals surface area (Å²) < 4.78 is 24.5. The van der Waals surface area contributed by atoms with Crippen molar-refractivity contribution in [2.24, 2.45) is 0 Å². The van der Waals surface area contributed by atoms with Crippen molar-refractivity contribution in [3.05, 3.63) is 28.0 Å². The van der Waals surface area contributed by atoms with E-state index >= 15 is 0 Å². The Kier molecular flexibility index (Phi) is 3.39. The lowest BCUT2D eigenvalue weighted by Gasteiger charge is -2.05. The van der Waals surface area contributed by atoms with Crippen molar-refractivity contribution >= 4 is 28.4 Å². The van der Waals surface area contributed by atoms with Crippen molar-refractivity contribution < 1.29 is 13.6 Å². The number of hydrogen-bond donors (Lipinski definition) is 0. The van der Waals surface area contributed by atoms with E-state index in [0.717, 1.165) is 6.07 Å². The molecule has 1 rings (SSSR count). The van der Waals surface area contributed by atoms with Crippen molar-refractivity contribution in [1.29, 1.82) is 0 Å². The van der Waals surface area contributed by atoms with Gasteiger partial charge in [-0.05, 0) is 30.2 Å². The minimum absolute atomic E-state index is 0.0398. The Balaban J connectivity index is 3.35. The van der Waals surface area contributed by atoms with Crippen LogP contribution in [0.2, 0.25) is 5.15 Å². The average molecular weight is 240 g/mol. The fourth-order valence-corrected chi connectivity index (χ4v) is 1.31. The zero-order valence-electron chi connectivity index (χ0n) is 7.02. The highest BCUT2D eigenvalue weighted by Gasteiger charge is 2.17. The minimum Gasteiger partial charge on any atom is -0.276 e. The molecule has 0 unspecified atom stereocenters. The van der Waals surface area contributed by atoms with Gasteiger partial charge in [-0.25, -0.2) is 13.8 Å². The molecule has 0 aliphatic carbocycles. The molecule has 0 aromatic carbocycles. The summed E-state index contributed by atoms with van der Waals surface area (Å²) in [4.78, 5) is 14.2. The van der Waals surface area contributed by atoms with E-state index in [0.29, 0.717) is 5.56 Å². The number of hydrogen-bond acceptors (Lipinski definition) is 2. The Hall–Kier alpha value is -0.740. The van der Waals surface area contributed by atoms with Crippen molar-refractivity contribution in [2.75, 3.05) is 0 Å². The number of nitrogens with zero attached hydrogens (tertiary/aromatic N) is 1. The molecular weight excluding hydrogens is 235 g/mol. The van der Waals surface area contributed by atoms with Gasteiger partial charge >= 0.3 is 0 Å². The van der Waals surface area contributed by atoms with Gasteiger partial charge in [0.15, 0.2) is 0 Å². The van der Waals surface area contributed by atoms with Crippen molar-refractivity contribution in [3.8, 4) is 0 Å². The number of alkyl halides is 2. The largest absolute Gasteiger partial charge is 0.280 e. The maximum Gasteiger partial charge on any atom is 0.280 e. The second kappa shape index (κ2) is 4.19. The van der Waals surface area contributed by atoms with Crippen LogP contribution in [0, 0.1) is 6.92 Å². The molecule has 0 N–H and O–H groups in total. The van der Waals surface area contributed by atoms with Gasteiger partial charge in [0.1, 0.15) is 10.8 Å². The van der Waals surface area contributed by atoms with Gasteiger partial charge in [0.25, 0.3) is 11.7 Å². The van der Waals surface area contributed by atoms with E-state index in [4.69, 9.17) is 23.2 Å². The van der Waals surface area contributed by atoms with E-state index in [9.17, 15) is 13.6 Å². The van der Waals surface area contributed by atoms with E-state index in [2.05, 4.69) is 4.98 Å². The van der Waals surface area contributed by atoms with E-state index in [-0.39, 0.29) is 10.7 Å². The van der Waals surface area contributed by atoms with E-state index in [1.165, 1.54) is 6.92 Å². The summed E-state index contributed by atoms with van der Waals surface area (Å²) in [5.74, 6) is 0. The summed E-state index contributed by atoms with van der Waals surface area (Å²) in [6.07, 6.45) is -2.78. The molecule has 1 aromatic rings. The molecule has 6 heteroatoms. The Bertz CT molecular complexity index is 382. The molecule has 0 bridgehead atoms. The zero-order valence-corrected chi connectivity index (χ0v) is 8.53. The summed E-state index contributed by atoms with van der Waals surface area (Å²) in [6, 6.07) is 0.946. The maximum atomic E-state index is 12.2. The van der Waals surface area contributed by atoms with Crippen LogP contribution in [-0.4, -0.2) is 10.2 Å². The number of aromatic nitrogens is 1.